The van der Waals surface area contributed by atoms with Crippen LogP contribution in [0.4, 0.5) is 4.39 Å². The molecule has 0 saturated heterocycles. The zero-order valence-corrected chi connectivity index (χ0v) is 20.5. The van der Waals surface area contributed by atoms with Gasteiger partial charge in [0.15, 0.2) is 6.61 Å². The Bertz CT molecular complexity index is 889. The van der Waals surface area contributed by atoms with Gasteiger partial charge in [-0.25, -0.2) is 4.39 Å². The SMILES string of the molecule is CCCCNC(=O)C(CC)N(Cc1ccc(F)cc1)C(=O)COc1ccc(C(C)(C)C)cc1. The van der Waals surface area contributed by atoms with Gasteiger partial charge >= 0.3 is 0 Å². The smallest absolute Gasteiger partial charge is 0.261 e. The molecule has 0 aliphatic rings. The Hall–Kier alpha value is -2.89. The highest BCUT2D eigenvalue weighted by Gasteiger charge is 2.28. The molecule has 0 heterocycles. The largest absolute Gasteiger partial charge is 0.484 e. The first-order chi connectivity index (χ1) is 15.7. The number of nitrogens with one attached hydrogen (secondary N) is 1. The summed E-state index contributed by atoms with van der Waals surface area (Å²) in [6.45, 7) is 10.9. The number of rotatable bonds is 11. The second kappa shape index (κ2) is 12.4. The van der Waals surface area contributed by atoms with Crippen molar-refractivity contribution in [3.63, 3.8) is 0 Å². The third kappa shape index (κ3) is 8.19. The first-order valence-electron chi connectivity index (χ1n) is 11.7. The van der Waals surface area contributed by atoms with E-state index in [1.807, 2.05) is 31.2 Å². The Balaban J connectivity index is 2.15. The molecule has 1 atom stereocenters. The highest BCUT2D eigenvalue weighted by molar-refractivity contribution is 5.88. The Labute approximate surface area is 197 Å². The maximum atomic E-state index is 13.4. The van der Waals surface area contributed by atoms with Crippen molar-refractivity contribution >= 4 is 11.8 Å². The summed E-state index contributed by atoms with van der Waals surface area (Å²) < 4.78 is 19.1. The molecule has 33 heavy (non-hydrogen) atoms. The normalized spacial score (nSPS) is 12.2. The van der Waals surface area contributed by atoms with Gasteiger partial charge in [-0.3, -0.25) is 9.59 Å². The molecule has 2 aromatic carbocycles. The topological polar surface area (TPSA) is 58.6 Å². The van der Waals surface area contributed by atoms with Gasteiger partial charge in [-0.05, 0) is 53.6 Å². The third-order valence-corrected chi connectivity index (χ3v) is 5.56. The average Bonchev–Trinajstić information content (AvgIpc) is 2.78. The molecule has 2 amide bonds. The van der Waals surface area contributed by atoms with Gasteiger partial charge < -0.3 is 15.0 Å². The van der Waals surface area contributed by atoms with E-state index in [0.717, 1.165) is 18.4 Å². The molecular weight excluding hydrogens is 419 g/mol. The molecule has 5 nitrogen and oxygen atoms in total. The lowest BCUT2D eigenvalue weighted by molar-refractivity contribution is -0.143. The van der Waals surface area contributed by atoms with E-state index in [2.05, 4.69) is 33.0 Å². The van der Waals surface area contributed by atoms with E-state index in [9.17, 15) is 14.0 Å². The number of amides is 2. The summed E-state index contributed by atoms with van der Waals surface area (Å²) in [5.74, 6) is -0.228. The summed E-state index contributed by atoms with van der Waals surface area (Å²) >= 11 is 0. The van der Waals surface area contributed by atoms with Crippen LogP contribution in [-0.2, 0) is 21.5 Å². The van der Waals surface area contributed by atoms with Crippen molar-refractivity contribution in [3.05, 3.63) is 65.5 Å². The van der Waals surface area contributed by atoms with Crippen LogP contribution in [0.3, 0.4) is 0 Å². The van der Waals surface area contributed by atoms with Crippen LogP contribution in [0, 0.1) is 5.82 Å². The van der Waals surface area contributed by atoms with E-state index in [1.54, 1.807) is 12.1 Å². The van der Waals surface area contributed by atoms with Crippen LogP contribution < -0.4 is 10.1 Å². The Morgan fingerprint density at radius 2 is 1.67 bits per heavy atom. The van der Waals surface area contributed by atoms with Crippen LogP contribution >= 0.6 is 0 Å². The summed E-state index contributed by atoms with van der Waals surface area (Å²) in [6.07, 6.45) is 2.31. The number of unbranched alkanes of at least 4 members (excludes halogenated alkanes) is 1. The van der Waals surface area contributed by atoms with Gasteiger partial charge in [0.25, 0.3) is 5.91 Å². The number of hydrogen-bond donors (Lipinski definition) is 1. The second-order valence-corrected chi connectivity index (χ2v) is 9.28. The molecule has 0 aliphatic carbocycles. The molecule has 180 valence electrons. The van der Waals surface area contributed by atoms with Crippen LogP contribution in [0.1, 0.15) is 65.0 Å². The molecular formula is C27H37FN2O3. The minimum Gasteiger partial charge on any atom is -0.484 e. The maximum absolute atomic E-state index is 13.4. The monoisotopic (exact) mass is 456 g/mol. The number of carbonyl (C=O) groups excluding carboxylic acids is 2. The minimum absolute atomic E-state index is 0.0276. The van der Waals surface area contributed by atoms with Gasteiger partial charge in [0.05, 0.1) is 0 Å². The van der Waals surface area contributed by atoms with Crippen molar-refractivity contribution in [1.82, 2.24) is 10.2 Å². The maximum Gasteiger partial charge on any atom is 0.261 e. The molecule has 2 rings (SSSR count). The van der Waals surface area contributed by atoms with Gasteiger partial charge in [0, 0.05) is 13.1 Å². The van der Waals surface area contributed by atoms with Gasteiger partial charge in [-0.1, -0.05) is 65.3 Å². The predicted octanol–water partition coefficient (Wildman–Crippen LogP) is 5.23. The Morgan fingerprint density at radius 1 is 1.03 bits per heavy atom. The molecule has 1 N–H and O–H groups in total. The van der Waals surface area contributed by atoms with Crippen LogP contribution in [0.15, 0.2) is 48.5 Å². The molecule has 0 saturated carbocycles. The first kappa shape index (κ1) is 26.4. The zero-order valence-electron chi connectivity index (χ0n) is 20.5. The number of hydrogen-bond acceptors (Lipinski definition) is 3. The lowest BCUT2D eigenvalue weighted by Crippen LogP contribution is -2.50. The Morgan fingerprint density at radius 3 is 2.21 bits per heavy atom. The minimum atomic E-state index is -0.633. The van der Waals surface area contributed by atoms with E-state index in [4.69, 9.17) is 4.74 Å². The first-order valence-corrected chi connectivity index (χ1v) is 11.7. The second-order valence-electron chi connectivity index (χ2n) is 9.28. The summed E-state index contributed by atoms with van der Waals surface area (Å²) in [5, 5.41) is 2.93. The van der Waals surface area contributed by atoms with Crippen molar-refractivity contribution in [2.75, 3.05) is 13.2 Å². The van der Waals surface area contributed by atoms with E-state index < -0.39 is 6.04 Å². The van der Waals surface area contributed by atoms with Crippen LogP contribution in [-0.4, -0.2) is 35.9 Å². The van der Waals surface area contributed by atoms with E-state index >= 15 is 0 Å². The van der Waals surface area contributed by atoms with E-state index in [0.29, 0.717) is 18.7 Å². The fraction of sp³-hybridized carbons (Fsp3) is 0.481. The number of nitrogens with zero attached hydrogens (tertiary/aromatic N) is 1. The highest BCUT2D eigenvalue weighted by atomic mass is 19.1. The molecule has 0 radical (unpaired) electrons. The summed E-state index contributed by atoms with van der Waals surface area (Å²) in [7, 11) is 0. The number of halogens is 1. The standard InChI is InChI=1S/C27H37FN2O3/c1-6-8-17-29-26(32)24(7-2)30(18-20-9-13-22(28)14-10-20)25(31)19-33-23-15-11-21(12-16-23)27(3,4)5/h9-16,24H,6-8,17-19H2,1-5H3,(H,29,32). The van der Waals surface area contributed by atoms with E-state index in [1.165, 1.54) is 22.6 Å². The highest BCUT2D eigenvalue weighted by Crippen LogP contribution is 2.24. The average molecular weight is 457 g/mol. The molecule has 0 spiro atoms. The number of ether oxygens (including phenoxy) is 1. The molecule has 2 aromatic rings. The molecule has 0 aliphatic heterocycles. The van der Waals surface area contributed by atoms with E-state index in [-0.39, 0.29) is 36.2 Å². The van der Waals surface area contributed by atoms with Crippen LogP contribution in [0.5, 0.6) is 5.75 Å². The van der Waals surface area contributed by atoms with Crippen molar-refractivity contribution < 1.29 is 18.7 Å². The molecule has 6 heteroatoms. The lowest BCUT2D eigenvalue weighted by atomic mass is 9.87. The van der Waals surface area contributed by atoms with Gasteiger partial charge in [-0.15, -0.1) is 0 Å². The molecule has 0 aromatic heterocycles. The van der Waals surface area contributed by atoms with Crippen molar-refractivity contribution in [2.24, 2.45) is 0 Å². The predicted molar refractivity (Wildman–Crippen MR) is 130 cm³/mol. The van der Waals surface area contributed by atoms with Gasteiger partial charge in [0.2, 0.25) is 5.91 Å². The zero-order chi connectivity index (χ0) is 24.4. The quantitative estimate of drug-likeness (QED) is 0.471. The van der Waals surface area contributed by atoms with Crippen molar-refractivity contribution in [1.29, 1.82) is 0 Å². The van der Waals surface area contributed by atoms with Crippen molar-refractivity contribution in [2.45, 2.75) is 71.9 Å². The fourth-order valence-electron chi connectivity index (χ4n) is 3.49. The molecule has 0 fully saturated rings. The summed E-state index contributed by atoms with van der Waals surface area (Å²) in [4.78, 5) is 27.6. The van der Waals surface area contributed by atoms with Crippen LogP contribution in [0.25, 0.3) is 0 Å². The summed E-state index contributed by atoms with van der Waals surface area (Å²) in [6, 6.07) is 13.0. The number of carbonyl (C=O) groups is 2. The Kier molecular flexibility index (Phi) is 9.89. The molecule has 1 unspecified atom stereocenters. The molecule has 0 bridgehead atoms. The third-order valence-electron chi connectivity index (χ3n) is 5.56. The van der Waals surface area contributed by atoms with Crippen LogP contribution in [0.2, 0.25) is 0 Å². The fourth-order valence-corrected chi connectivity index (χ4v) is 3.49. The lowest BCUT2D eigenvalue weighted by Gasteiger charge is -2.30. The van der Waals surface area contributed by atoms with Gasteiger partial charge in [0.1, 0.15) is 17.6 Å². The number of benzene rings is 2. The van der Waals surface area contributed by atoms with Crippen molar-refractivity contribution in [3.8, 4) is 5.75 Å². The van der Waals surface area contributed by atoms with Gasteiger partial charge in [-0.2, -0.15) is 0 Å². The summed E-state index contributed by atoms with van der Waals surface area (Å²) in [5.41, 5.74) is 1.95.